The van der Waals surface area contributed by atoms with Gasteiger partial charge in [-0.05, 0) is 67.8 Å². The highest BCUT2D eigenvalue weighted by atomic mass is 79.9. The minimum absolute atomic E-state index is 0.212. The minimum Gasteiger partial charge on any atom is -0.380 e. The standard InChI is InChI=1S/C14H9Br2F4N/c15-10-3-1-8(5-12(10)17)7-21-13-6-9(14(18,19)20)2-4-11(13)16/h1-6,21H,7H2. The summed E-state index contributed by atoms with van der Waals surface area (Å²) in [6, 6.07) is 7.88. The average molecular weight is 427 g/mol. The van der Waals surface area contributed by atoms with Crippen molar-refractivity contribution in [3.63, 3.8) is 0 Å². The number of benzene rings is 2. The van der Waals surface area contributed by atoms with Gasteiger partial charge in [-0.25, -0.2) is 4.39 Å². The highest BCUT2D eigenvalue weighted by Gasteiger charge is 2.30. The molecule has 0 amide bonds. The maximum Gasteiger partial charge on any atom is 0.416 e. The third-order valence-corrected chi connectivity index (χ3v) is 4.10. The molecule has 0 heterocycles. The zero-order valence-electron chi connectivity index (χ0n) is 10.4. The van der Waals surface area contributed by atoms with Crippen molar-refractivity contribution in [2.24, 2.45) is 0 Å². The Morgan fingerprint density at radius 1 is 0.952 bits per heavy atom. The lowest BCUT2D eigenvalue weighted by atomic mass is 10.1. The van der Waals surface area contributed by atoms with Crippen molar-refractivity contribution in [3.05, 3.63) is 62.3 Å². The average Bonchev–Trinajstić information content (AvgIpc) is 2.40. The predicted molar refractivity (Wildman–Crippen MR) is 80.6 cm³/mol. The van der Waals surface area contributed by atoms with Gasteiger partial charge in [-0.2, -0.15) is 13.2 Å². The molecule has 0 aliphatic rings. The van der Waals surface area contributed by atoms with E-state index in [1.54, 1.807) is 12.1 Å². The second kappa shape index (κ2) is 6.36. The summed E-state index contributed by atoms with van der Waals surface area (Å²) < 4.78 is 52.2. The van der Waals surface area contributed by atoms with Crippen LogP contribution in [0.15, 0.2) is 45.3 Å². The Morgan fingerprint density at radius 3 is 2.24 bits per heavy atom. The molecular formula is C14H9Br2F4N. The molecule has 21 heavy (non-hydrogen) atoms. The molecular weight excluding hydrogens is 418 g/mol. The summed E-state index contributed by atoms with van der Waals surface area (Å²) in [6.45, 7) is 0.212. The lowest BCUT2D eigenvalue weighted by Gasteiger charge is -2.13. The molecule has 7 heteroatoms. The number of hydrogen-bond donors (Lipinski definition) is 1. The van der Waals surface area contributed by atoms with E-state index in [0.29, 0.717) is 20.2 Å². The van der Waals surface area contributed by atoms with E-state index < -0.39 is 17.6 Å². The Bertz CT molecular complexity index is 656. The number of nitrogens with one attached hydrogen (secondary N) is 1. The molecule has 0 saturated carbocycles. The molecule has 0 bridgehead atoms. The van der Waals surface area contributed by atoms with Crippen LogP contribution in [0.25, 0.3) is 0 Å². The molecule has 2 aromatic carbocycles. The monoisotopic (exact) mass is 425 g/mol. The van der Waals surface area contributed by atoms with Crippen LogP contribution in [0.2, 0.25) is 0 Å². The van der Waals surface area contributed by atoms with Crippen molar-refractivity contribution < 1.29 is 17.6 Å². The first-order valence-corrected chi connectivity index (χ1v) is 7.40. The van der Waals surface area contributed by atoms with E-state index in [-0.39, 0.29) is 6.54 Å². The summed E-state index contributed by atoms with van der Waals surface area (Å²) in [5.74, 6) is -0.419. The molecule has 0 spiro atoms. The van der Waals surface area contributed by atoms with Crippen molar-refractivity contribution in [3.8, 4) is 0 Å². The predicted octanol–water partition coefficient (Wildman–Crippen LogP) is 5.98. The molecule has 0 radical (unpaired) electrons. The van der Waals surface area contributed by atoms with E-state index >= 15 is 0 Å². The Morgan fingerprint density at radius 2 is 1.62 bits per heavy atom. The van der Waals surface area contributed by atoms with Crippen LogP contribution in [0.5, 0.6) is 0 Å². The summed E-state index contributed by atoms with van der Waals surface area (Å²) in [5.41, 5.74) is 0.184. The molecule has 1 N–H and O–H groups in total. The summed E-state index contributed by atoms with van der Waals surface area (Å²) in [7, 11) is 0. The second-order valence-electron chi connectivity index (χ2n) is 4.29. The first-order chi connectivity index (χ1) is 9.77. The number of halogens is 6. The molecule has 0 fully saturated rings. The maximum atomic E-state index is 13.4. The molecule has 112 valence electrons. The smallest absolute Gasteiger partial charge is 0.380 e. The van der Waals surface area contributed by atoms with Crippen LogP contribution in [0.4, 0.5) is 23.2 Å². The number of anilines is 1. The third kappa shape index (κ3) is 4.20. The van der Waals surface area contributed by atoms with Gasteiger partial charge >= 0.3 is 6.18 Å². The van der Waals surface area contributed by atoms with Gasteiger partial charge < -0.3 is 5.32 Å². The van der Waals surface area contributed by atoms with Gasteiger partial charge in [-0.1, -0.05) is 6.07 Å². The SMILES string of the molecule is Fc1cc(CNc2cc(C(F)(F)F)ccc2Br)ccc1Br. The molecule has 2 rings (SSSR count). The molecule has 0 unspecified atom stereocenters. The number of rotatable bonds is 3. The van der Waals surface area contributed by atoms with Crippen LogP contribution in [0.3, 0.4) is 0 Å². The van der Waals surface area contributed by atoms with Crippen molar-refractivity contribution in [1.29, 1.82) is 0 Å². The lowest BCUT2D eigenvalue weighted by Crippen LogP contribution is -2.07. The Labute approximate surface area is 135 Å². The number of alkyl halides is 3. The minimum atomic E-state index is -4.40. The van der Waals surface area contributed by atoms with Gasteiger partial charge in [0.2, 0.25) is 0 Å². The lowest BCUT2D eigenvalue weighted by molar-refractivity contribution is -0.137. The van der Waals surface area contributed by atoms with Crippen LogP contribution >= 0.6 is 31.9 Å². The second-order valence-corrected chi connectivity index (χ2v) is 6.00. The number of hydrogen-bond acceptors (Lipinski definition) is 1. The summed E-state index contributed by atoms with van der Waals surface area (Å²) in [4.78, 5) is 0. The molecule has 2 aromatic rings. The van der Waals surface area contributed by atoms with Crippen LogP contribution in [0.1, 0.15) is 11.1 Å². The largest absolute Gasteiger partial charge is 0.416 e. The van der Waals surface area contributed by atoms with Crippen molar-refractivity contribution in [2.75, 3.05) is 5.32 Å². The molecule has 1 nitrogen and oxygen atoms in total. The first-order valence-electron chi connectivity index (χ1n) is 5.82. The quantitative estimate of drug-likeness (QED) is 0.595. The van der Waals surface area contributed by atoms with Crippen LogP contribution < -0.4 is 5.32 Å². The van der Waals surface area contributed by atoms with E-state index in [1.165, 1.54) is 12.1 Å². The Hall–Kier alpha value is -1.08. The molecule has 0 aliphatic carbocycles. The van der Waals surface area contributed by atoms with Crippen LogP contribution in [-0.4, -0.2) is 0 Å². The topological polar surface area (TPSA) is 12.0 Å². The zero-order chi connectivity index (χ0) is 15.6. The maximum absolute atomic E-state index is 13.4. The fourth-order valence-corrected chi connectivity index (χ4v) is 2.32. The highest BCUT2D eigenvalue weighted by Crippen LogP contribution is 2.34. The zero-order valence-corrected chi connectivity index (χ0v) is 13.6. The fourth-order valence-electron chi connectivity index (χ4n) is 1.68. The first kappa shape index (κ1) is 16.3. The van der Waals surface area contributed by atoms with Gasteiger partial charge in [0, 0.05) is 16.7 Å². The third-order valence-electron chi connectivity index (χ3n) is 2.76. The summed E-state index contributed by atoms with van der Waals surface area (Å²) in [5, 5.41) is 2.86. The normalized spacial score (nSPS) is 11.5. The van der Waals surface area contributed by atoms with Gasteiger partial charge in [0.25, 0.3) is 0 Å². The Kier molecular flexibility index (Phi) is 4.93. The van der Waals surface area contributed by atoms with Gasteiger partial charge in [-0.15, -0.1) is 0 Å². The van der Waals surface area contributed by atoms with Gasteiger partial charge in [0.15, 0.2) is 0 Å². The highest BCUT2D eigenvalue weighted by molar-refractivity contribution is 9.10. The van der Waals surface area contributed by atoms with Crippen molar-refractivity contribution >= 4 is 37.5 Å². The van der Waals surface area contributed by atoms with Crippen LogP contribution in [0, 0.1) is 5.82 Å². The summed E-state index contributed by atoms with van der Waals surface area (Å²) >= 11 is 6.23. The van der Waals surface area contributed by atoms with E-state index in [4.69, 9.17) is 0 Å². The van der Waals surface area contributed by atoms with Crippen molar-refractivity contribution in [1.82, 2.24) is 0 Å². The van der Waals surface area contributed by atoms with Gasteiger partial charge in [-0.3, -0.25) is 0 Å². The summed E-state index contributed by atoms with van der Waals surface area (Å²) in [6.07, 6.45) is -4.40. The molecule has 0 aromatic heterocycles. The van der Waals surface area contributed by atoms with E-state index in [1.807, 2.05) is 0 Å². The van der Waals surface area contributed by atoms with Crippen LogP contribution in [-0.2, 0) is 12.7 Å². The fraction of sp³-hybridized carbons (Fsp3) is 0.143. The van der Waals surface area contributed by atoms with Gasteiger partial charge in [0.1, 0.15) is 5.82 Å². The van der Waals surface area contributed by atoms with Crippen molar-refractivity contribution in [2.45, 2.75) is 12.7 Å². The molecule has 0 atom stereocenters. The Balaban J connectivity index is 2.17. The van der Waals surface area contributed by atoms with E-state index in [9.17, 15) is 17.6 Å². The molecule has 0 aliphatic heterocycles. The van der Waals surface area contributed by atoms with E-state index in [0.717, 1.165) is 12.1 Å². The van der Waals surface area contributed by atoms with Gasteiger partial charge in [0.05, 0.1) is 10.0 Å². The molecule has 0 saturated heterocycles. The van der Waals surface area contributed by atoms with E-state index in [2.05, 4.69) is 37.2 Å².